The maximum atomic E-state index is 12.1. The topological polar surface area (TPSA) is 53.2 Å². The predicted molar refractivity (Wildman–Crippen MR) is 61.4 cm³/mol. The van der Waals surface area contributed by atoms with Crippen LogP contribution in [0.3, 0.4) is 0 Å². The lowest BCUT2D eigenvalue weighted by Gasteiger charge is -2.33. The zero-order valence-corrected chi connectivity index (χ0v) is 9.40. The molecule has 0 aromatic carbocycles. The van der Waals surface area contributed by atoms with Gasteiger partial charge in [0.15, 0.2) is 0 Å². The van der Waals surface area contributed by atoms with E-state index in [0.29, 0.717) is 5.56 Å². The number of carbonyl (C=O) groups is 1. The van der Waals surface area contributed by atoms with Gasteiger partial charge in [-0.25, -0.2) is 0 Å². The lowest BCUT2D eigenvalue weighted by Crippen LogP contribution is -2.42. The van der Waals surface area contributed by atoms with E-state index in [1.165, 1.54) is 18.7 Å². The molecule has 2 heterocycles. The Balaban J connectivity index is 2.21. The van der Waals surface area contributed by atoms with Gasteiger partial charge in [-0.1, -0.05) is 0 Å². The molecule has 1 unspecified atom stereocenters. The third kappa shape index (κ3) is 2.15. The molecule has 0 spiro atoms. The van der Waals surface area contributed by atoms with Gasteiger partial charge >= 0.3 is 0 Å². The summed E-state index contributed by atoms with van der Waals surface area (Å²) < 4.78 is 0. The molecule has 1 fully saturated rings. The monoisotopic (exact) mass is 220 g/mol. The van der Waals surface area contributed by atoms with Crippen molar-refractivity contribution in [2.24, 2.45) is 0 Å². The van der Waals surface area contributed by atoms with Gasteiger partial charge in [0.05, 0.1) is 0 Å². The molecule has 0 radical (unpaired) electrons. The van der Waals surface area contributed by atoms with E-state index in [0.717, 1.165) is 19.4 Å². The molecule has 1 saturated heterocycles. The smallest absolute Gasteiger partial charge is 0.254 e. The molecular formula is C12H16N2O2. The minimum atomic E-state index is -0.226. The molecular weight excluding hydrogens is 204 g/mol. The number of carbonyl (C=O) groups excluding carboxylic acids is 1. The van der Waals surface area contributed by atoms with Gasteiger partial charge in [0.25, 0.3) is 5.91 Å². The first kappa shape index (κ1) is 10.9. The van der Waals surface area contributed by atoms with Crippen molar-refractivity contribution in [3.8, 4) is 0 Å². The Hall–Kier alpha value is -1.58. The Labute approximate surface area is 94.3 Å². The molecule has 4 heteroatoms. The second kappa shape index (κ2) is 4.51. The number of hydrogen-bond donors (Lipinski definition) is 1. The first-order chi connectivity index (χ1) is 7.68. The fraction of sp³-hybridized carbons (Fsp3) is 0.500. The van der Waals surface area contributed by atoms with Crippen LogP contribution in [0.25, 0.3) is 0 Å². The number of hydrogen-bond acceptors (Lipinski definition) is 2. The summed E-state index contributed by atoms with van der Waals surface area (Å²) in [4.78, 5) is 27.6. The SMILES string of the molecule is CC1CCCCN1C(=O)c1cc[nH]c(=O)c1. The van der Waals surface area contributed by atoms with Gasteiger partial charge in [0.1, 0.15) is 0 Å². The second-order valence-electron chi connectivity index (χ2n) is 4.28. The largest absolute Gasteiger partial charge is 0.336 e. The highest BCUT2D eigenvalue weighted by Gasteiger charge is 2.24. The number of likely N-dealkylation sites (tertiary alicyclic amines) is 1. The second-order valence-corrected chi connectivity index (χ2v) is 4.28. The summed E-state index contributed by atoms with van der Waals surface area (Å²) in [5.41, 5.74) is 0.257. The fourth-order valence-electron chi connectivity index (χ4n) is 2.14. The molecule has 1 aliphatic heterocycles. The Bertz CT molecular complexity index is 439. The molecule has 2 rings (SSSR count). The van der Waals surface area contributed by atoms with Crippen LogP contribution in [-0.2, 0) is 0 Å². The average Bonchev–Trinajstić information content (AvgIpc) is 2.29. The van der Waals surface area contributed by atoms with Gasteiger partial charge in [-0.15, -0.1) is 0 Å². The highest BCUT2D eigenvalue weighted by molar-refractivity contribution is 5.94. The Morgan fingerprint density at radius 2 is 2.31 bits per heavy atom. The number of pyridine rings is 1. The summed E-state index contributed by atoms with van der Waals surface area (Å²) >= 11 is 0. The van der Waals surface area contributed by atoms with Crippen LogP contribution in [0.15, 0.2) is 23.1 Å². The highest BCUT2D eigenvalue weighted by atomic mass is 16.2. The first-order valence-corrected chi connectivity index (χ1v) is 5.68. The minimum absolute atomic E-state index is 0.0294. The van der Waals surface area contributed by atoms with E-state index in [1.54, 1.807) is 6.07 Å². The van der Waals surface area contributed by atoms with E-state index in [1.807, 2.05) is 4.90 Å². The van der Waals surface area contributed by atoms with Crippen LogP contribution in [0.2, 0.25) is 0 Å². The fourth-order valence-corrected chi connectivity index (χ4v) is 2.14. The van der Waals surface area contributed by atoms with E-state index in [4.69, 9.17) is 0 Å². The number of amides is 1. The third-order valence-corrected chi connectivity index (χ3v) is 3.09. The normalized spacial score (nSPS) is 20.8. The van der Waals surface area contributed by atoms with E-state index in [9.17, 15) is 9.59 Å². The van der Waals surface area contributed by atoms with Crippen molar-refractivity contribution in [1.82, 2.24) is 9.88 Å². The van der Waals surface area contributed by atoms with Crippen LogP contribution in [0, 0.1) is 0 Å². The molecule has 16 heavy (non-hydrogen) atoms. The standard InChI is InChI=1S/C12H16N2O2/c1-9-4-2-3-7-14(9)12(16)10-5-6-13-11(15)8-10/h5-6,8-9H,2-4,7H2,1H3,(H,13,15). The van der Waals surface area contributed by atoms with Crippen LogP contribution < -0.4 is 5.56 Å². The van der Waals surface area contributed by atoms with Crippen molar-refractivity contribution in [3.05, 3.63) is 34.2 Å². The zero-order valence-electron chi connectivity index (χ0n) is 9.40. The predicted octanol–water partition coefficient (Wildman–Crippen LogP) is 1.39. The Kier molecular flexibility index (Phi) is 3.08. The molecule has 1 N–H and O–H groups in total. The van der Waals surface area contributed by atoms with E-state index in [2.05, 4.69) is 11.9 Å². The average molecular weight is 220 g/mol. The maximum Gasteiger partial charge on any atom is 0.254 e. The third-order valence-electron chi connectivity index (χ3n) is 3.09. The number of nitrogens with one attached hydrogen (secondary N) is 1. The summed E-state index contributed by atoms with van der Waals surface area (Å²) in [5, 5.41) is 0. The summed E-state index contributed by atoms with van der Waals surface area (Å²) in [6.07, 6.45) is 4.80. The van der Waals surface area contributed by atoms with Crippen molar-refractivity contribution in [3.63, 3.8) is 0 Å². The van der Waals surface area contributed by atoms with E-state index < -0.39 is 0 Å². The van der Waals surface area contributed by atoms with Crippen LogP contribution >= 0.6 is 0 Å². The van der Waals surface area contributed by atoms with Crippen LogP contribution in [-0.4, -0.2) is 28.4 Å². The Morgan fingerprint density at radius 3 is 3.00 bits per heavy atom. The summed E-state index contributed by atoms with van der Waals surface area (Å²) in [5.74, 6) is -0.0294. The lowest BCUT2D eigenvalue weighted by atomic mass is 10.0. The molecule has 1 aromatic rings. The van der Waals surface area contributed by atoms with Crippen molar-refractivity contribution >= 4 is 5.91 Å². The molecule has 1 aromatic heterocycles. The maximum absolute atomic E-state index is 12.1. The van der Waals surface area contributed by atoms with Gasteiger partial charge < -0.3 is 9.88 Å². The molecule has 1 atom stereocenters. The van der Waals surface area contributed by atoms with Crippen molar-refractivity contribution in [2.45, 2.75) is 32.2 Å². The number of nitrogens with zero attached hydrogens (tertiary/aromatic N) is 1. The first-order valence-electron chi connectivity index (χ1n) is 5.68. The van der Waals surface area contributed by atoms with E-state index in [-0.39, 0.29) is 17.5 Å². The number of aromatic nitrogens is 1. The molecule has 0 aliphatic carbocycles. The number of aromatic amines is 1. The van der Waals surface area contributed by atoms with Gasteiger partial charge in [0, 0.05) is 30.4 Å². The van der Waals surface area contributed by atoms with Crippen molar-refractivity contribution in [1.29, 1.82) is 0 Å². The molecule has 0 bridgehead atoms. The summed E-state index contributed by atoms with van der Waals surface area (Å²) in [6.45, 7) is 2.86. The summed E-state index contributed by atoms with van der Waals surface area (Å²) in [7, 11) is 0. The quantitative estimate of drug-likeness (QED) is 0.777. The number of H-pyrrole nitrogens is 1. The van der Waals surface area contributed by atoms with E-state index >= 15 is 0 Å². The zero-order chi connectivity index (χ0) is 11.5. The minimum Gasteiger partial charge on any atom is -0.336 e. The van der Waals surface area contributed by atoms with Crippen LogP contribution in [0.4, 0.5) is 0 Å². The summed E-state index contributed by atoms with van der Waals surface area (Å²) in [6, 6.07) is 3.30. The molecule has 1 amide bonds. The van der Waals surface area contributed by atoms with Crippen molar-refractivity contribution < 1.29 is 4.79 Å². The molecule has 1 aliphatic rings. The van der Waals surface area contributed by atoms with Crippen molar-refractivity contribution in [2.75, 3.05) is 6.54 Å². The van der Waals surface area contributed by atoms with Crippen LogP contribution in [0.1, 0.15) is 36.5 Å². The van der Waals surface area contributed by atoms with Gasteiger partial charge in [-0.05, 0) is 32.3 Å². The van der Waals surface area contributed by atoms with Gasteiger partial charge in [0.2, 0.25) is 5.56 Å². The Morgan fingerprint density at radius 1 is 1.50 bits per heavy atom. The van der Waals surface area contributed by atoms with Gasteiger partial charge in [-0.3, -0.25) is 9.59 Å². The molecule has 4 nitrogen and oxygen atoms in total. The van der Waals surface area contributed by atoms with Gasteiger partial charge in [-0.2, -0.15) is 0 Å². The molecule has 86 valence electrons. The van der Waals surface area contributed by atoms with Crippen LogP contribution in [0.5, 0.6) is 0 Å². The highest BCUT2D eigenvalue weighted by Crippen LogP contribution is 2.18. The molecule has 0 saturated carbocycles. The number of piperidine rings is 1. The number of rotatable bonds is 1. The lowest BCUT2D eigenvalue weighted by molar-refractivity contribution is 0.0635.